The minimum absolute atomic E-state index is 0.0741. The lowest BCUT2D eigenvalue weighted by atomic mass is 10.1. The highest BCUT2D eigenvalue weighted by Gasteiger charge is 2.18. The Morgan fingerprint density at radius 3 is 2.65 bits per heavy atom. The molecule has 0 bridgehead atoms. The lowest BCUT2D eigenvalue weighted by Gasteiger charge is -2.32. The number of hydrogen-bond donors (Lipinski definition) is 2. The molecular formula is C28H26ClF2N7O2. The molecule has 2 aromatic carbocycles. The van der Waals surface area contributed by atoms with Crippen LogP contribution in [0.25, 0.3) is 27.8 Å². The zero-order chi connectivity index (χ0) is 27.8. The van der Waals surface area contributed by atoms with Crippen LogP contribution in [-0.2, 0) is 0 Å². The molecule has 1 amide bonds. The third kappa shape index (κ3) is 5.62. The molecule has 0 radical (unpaired) electrons. The molecule has 0 spiro atoms. The molecule has 0 aliphatic carbocycles. The molecule has 3 aromatic heterocycles. The van der Waals surface area contributed by atoms with Crippen molar-refractivity contribution in [3.8, 4) is 16.9 Å². The molecule has 1 fully saturated rings. The van der Waals surface area contributed by atoms with Gasteiger partial charge in [-0.3, -0.25) is 15.0 Å². The third-order valence-electron chi connectivity index (χ3n) is 6.89. The summed E-state index contributed by atoms with van der Waals surface area (Å²) in [6.45, 7) is 4.99. The van der Waals surface area contributed by atoms with Crippen LogP contribution in [0, 0.1) is 11.6 Å². The van der Waals surface area contributed by atoms with Crippen molar-refractivity contribution >= 4 is 40.1 Å². The first-order valence-electron chi connectivity index (χ1n) is 12.8. The van der Waals surface area contributed by atoms with Gasteiger partial charge >= 0.3 is 0 Å². The van der Waals surface area contributed by atoms with Crippen LogP contribution in [0.4, 0.5) is 14.7 Å². The fourth-order valence-electron chi connectivity index (χ4n) is 4.74. The second-order valence-corrected chi connectivity index (χ2v) is 10.2. The van der Waals surface area contributed by atoms with Gasteiger partial charge in [0.05, 0.1) is 11.0 Å². The number of likely N-dealkylation sites (N-methyl/N-ethyl adjacent to an activating group) is 1. The molecule has 0 unspecified atom stereocenters. The monoisotopic (exact) mass is 565 g/mol. The number of ether oxygens (including phenoxy) is 1. The molecule has 1 aliphatic heterocycles. The number of H-pyrrole nitrogens is 1. The van der Waals surface area contributed by atoms with Crippen molar-refractivity contribution in [2.75, 3.05) is 51.7 Å². The number of nitrogens with one attached hydrogen (secondary N) is 2. The van der Waals surface area contributed by atoms with Crippen molar-refractivity contribution in [1.29, 1.82) is 0 Å². The Bertz CT molecular complexity index is 1690. The third-order valence-corrected chi connectivity index (χ3v) is 7.11. The van der Waals surface area contributed by atoms with E-state index >= 15 is 0 Å². The summed E-state index contributed by atoms with van der Waals surface area (Å²) in [5.74, 6) is -0.987. The lowest BCUT2D eigenvalue weighted by Crippen LogP contribution is -2.45. The van der Waals surface area contributed by atoms with E-state index in [2.05, 4.69) is 37.1 Å². The number of anilines is 1. The van der Waals surface area contributed by atoms with Gasteiger partial charge in [-0.2, -0.15) is 0 Å². The van der Waals surface area contributed by atoms with E-state index < -0.39 is 17.5 Å². The van der Waals surface area contributed by atoms with Gasteiger partial charge in [0.15, 0.2) is 11.4 Å². The van der Waals surface area contributed by atoms with Crippen molar-refractivity contribution < 1.29 is 18.3 Å². The molecule has 206 valence electrons. The molecule has 5 aromatic rings. The van der Waals surface area contributed by atoms with E-state index in [1.165, 1.54) is 35.0 Å². The van der Waals surface area contributed by atoms with Gasteiger partial charge in [-0.25, -0.2) is 18.7 Å². The van der Waals surface area contributed by atoms with Gasteiger partial charge in [0.25, 0.3) is 5.91 Å². The van der Waals surface area contributed by atoms with E-state index in [0.717, 1.165) is 31.7 Å². The molecule has 0 saturated carbocycles. The minimum Gasteiger partial charge on any atom is -0.488 e. The predicted octanol–water partition coefficient (Wildman–Crippen LogP) is 4.69. The maximum Gasteiger partial charge on any atom is 0.278 e. The van der Waals surface area contributed by atoms with Crippen LogP contribution >= 0.6 is 11.6 Å². The smallest absolute Gasteiger partial charge is 0.278 e. The first-order chi connectivity index (χ1) is 19.3. The number of piperazine rings is 1. The van der Waals surface area contributed by atoms with Crippen LogP contribution in [0.2, 0.25) is 5.02 Å². The van der Waals surface area contributed by atoms with Gasteiger partial charge in [0, 0.05) is 56.2 Å². The normalized spacial score (nSPS) is 14.7. The highest BCUT2D eigenvalue weighted by atomic mass is 35.5. The number of nitrogens with zero attached hydrogens (tertiary/aromatic N) is 5. The maximum atomic E-state index is 14.3. The molecule has 0 atom stereocenters. The van der Waals surface area contributed by atoms with Crippen molar-refractivity contribution in [3.63, 3.8) is 0 Å². The number of aromatic amines is 1. The van der Waals surface area contributed by atoms with Gasteiger partial charge in [0.1, 0.15) is 23.9 Å². The van der Waals surface area contributed by atoms with E-state index in [1.54, 1.807) is 24.3 Å². The Hall–Kier alpha value is -4.06. The predicted molar refractivity (Wildman–Crippen MR) is 149 cm³/mol. The molecule has 40 heavy (non-hydrogen) atoms. The summed E-state index contributed by atoms with van der Waals surface area (Å²) in [6.07, 6.45) is 2.68. The van der Waals surface area contributed by atoms with E-state index in [-0.39, 0.29) is 17.4 Å². The summed E-state index contributed by atoms with van der Waals surface area (Å²) in [6, 6.07) is 10.9. The fraction of sp³-hybridized carbons (Fsp3) is 0.250. The number of carbonyl (C=O) groups excluding carboxylic acids is 1. The molecule has 1 aliphatic rings. The van der Waals surface area contributed by atoms with E-state index in [0.29, 0.717) is 40.4 Å². The summed E-state index contributed by atoms with van der Waals surface area (Å²) in [7, 11) is 2.10. The van der Waals surface area contributed by atoms with Crippen LogP contribution in [0.5, 0.6) is 5.75 Å². The number of amides is 1. The number of hydrogen-bond acceptors (Lipinski definition) is 6. The van der Waals surface area contributed by atoms with Crippen LogP contribution in [0.15, 0.2) is 54.9 Å². The summed E-state index contributed by atoms with van der Waals surface area (Å²) in [4.78, 5) is 29.5. The quantitative estimate of drug-likeness (QED) is 0.298. The largest absolute Gasteiger partial charge is 0.488 e. The lowest BCUT2D eigenvalue weighted by molar-refractivity contribution is 0.102. The van der Waals surface area contributed by atoms with Gasteiger partial charge in [-0.15, -0.1) is 0 Å². The highest BCUT2D eigenvalue weighted by Crippen LogP contribution is 2.28. The van der Waals surface area contributed by atoms with Crippen molar-refractivity contribution in [1.82, 2.24) is 29.2 Å². The molecule has 4 heterocycles. The van der Waals surface area contributed by atoms with Crippen molar-refractivity contribution in [3.05, 3.63) is 77.2 Å². The molecular weight excluding hydrogens is 540 g/mol. The topological polar surface area (TPSA) is 90.8 Å². The SMILES string of the molecule is CN1CCN(CCOc2cc(F)cn3cc(C(=O)Nc4nc5cc(-c6cc(F)cc(Cl)c6)ccc5[nH]4)nc23)CC1. The number of fused-ring (bicyclic) bond motifs is 2. The van der Waals surface area contributed by atoms with Crippen LogP contribution in [0.1, 0.15) is 10.5 Å². The second kappa shape index (κ2) is 10.8. The molecule has 2 N–H and O–H groups in total. The van der Waals surface area contributed by atoms with Crippen molar-refractivity contribution in [2.24, 2.45) is 0 Å². The Morgan fingerprint density at radius 2 is 1.85 bits per heavy atom. The average Bonchev–Trinajstić information content (AvgIpc) is 3.52. The second-order valence-electron chi connectivity index (χ2n) is 9.80. The first kappa shape index (κ1) is 26.2. The molecule has 1 saturated heterocycles. The standard InChI is InChI=1S/C28H26ClF2N7O2/c1-36-4-6-37(7-5-36)8-9-40-25-14-21(31)15-38-16-24(32-26(25)38)27(39)35-28-33-22-3-2-17(12-23(22)34-28)18-10-19(29)13-20(30)11-18/h2-3,10-16H,4-9H2,1H3,(H2,33,34,35,39). The zero-order valence-corrected chi connectivity index (χ0v) is 22.4. The van der Waals surface area contributed by atoms with Crippen molar-refractivity contribution in [2.45, 2.75) is 0 Å². The van der Waals surface area contributed by atoms with Crippen LogP contribution in [0.3, 0.4) is 0 Å². The van der Waals surface area contributed by atoms with Crippen LogP contribution in [-0.4, -0.2) is 81.4 Å². The number of imidazole rings is 2. The summed E-state index contributed by atoms with van der Waals surface area (Å²) in [5.41, 5.74) is 2.99. The number of rotatable bonds is 7. The number of pyridine rings is 1. The average molecular weight is 566 g/mol. The Kier molecular flexibility index (Phi) is 7.09. The van der Waals surface area contributed by atoms with Gasteiger partial charge < -0.3 is 19.0 Å². The molecule has 9 nitrogen and oxygen atoms in total. The number of aromatic nitrogens is 4. The van der Waals surface area contributed by atoms with Gasteiger partial charge in [-0.05, 0) is 48.5 Å². The number of carbonyl (C=O) groups is 1. The molecule has 12 heteroatoms. The summed E-state index contributed by atoms with van der Waals surface area (Å²) < 4.78 is 35.4. The Balaban J connectivity index is 1.17. The van der Waals surface area contributed by atoms with E-state index in [9.17, 15) is 13.6 Å². The first-order valence-corrected chi connectivity index (χ1v) is 13.2. The van der Waals surface area contributed by atoms with Gasteiger partial charge in [-0.1, -0.05) is 17.7 Å². The fourth-order valence-corrected chi connectivity index (χ4v) is 4.96. The Morgan fingerprint density at radius 1 is 1.02 bits per heavy atom. The van der Waals surface area contributed by atoms with E-state index in [1.807, 2.05) is 0 Å². The minimum atomic E-state index is -0.524. The van der Waals surface area contributed by atoms with Crippen LogP contribution < -0.4 is 10.1 Å². The van der Waals surface area contributed by atoms with Gasteiger partial charge in [0.2, 0.25) is 5.95 Å². The summed E-state index contributed by atoms with van der Waals surface area (Å²) in [5, 5.41) is 2.99. The molecule has 6 rings (SSSR count). The Labute approximate surface area is 233 Å². The number of benzene rings is 2. The zero-order valence-electron chi connectivity index (χ0n) is 21.6. The number of halogens is 3. The highest BCUT2D eigenvalue weighted by molar-refractivity contribution is 6.30. The van der Waals surface area contributed by atoms with E-state index in [4.69, 9.17) is 16.3 Å². The maximum absolute atomic E-state index is 14.3. The summed E-state index contributed by atoms with van der Waals surface area (Å²) >= 11 is 6.00.